The molecule has 1 fully saturated rings. The van der Waals surface area contributed by atoms with Crippen LogP contribution in [0, 0.1) is 0 Å². The highest BCUT2D eigenvalue weighted by Gasteiger charge is 2.55. The number of amides is 2. The lowest BCUT2D eigenvalue weighted by molar-refractivity contribution is -0.172. The second-order valence-corrected chi connectivity index (χ2v) is 12.4. The number of imide groups is 1. The highest BCUT2D eigenvalue weighted by atomic mass is 32.2. The van der Waals surface area contributed by atoms with Crippen LogP contribution < -0.4 is 16.2 Å². The van der Waals surface area contributed by atoms with Gasteiger partial charge in [-0.3, -0.25) is 18.7 Å². The van der Waals surface area contributed by atoms with Crippen LogP contribution in [0.4, 0.5) is 11.4 Å². The summed E-state index contributed by atoms with van der Waals surface area (Å²) in [5.41, 5.74) is 7.97. The molecule has 0 bridgehead atoms. The zero-order chi connectivity index (χ0) is 31.2. The van der Waals surface area contributed by atoms with E-state index < -0.39 is 82.6 Å². The van der Waals surface area contributed by atoms with Gasteiger partial charge in [-0.1, -0.05) is 6.07 Å². The lowest BCUT2D eigenvalue weighted by Crippen LogP contribution is -2.34. The summed E-state index contributed by atoms with van der Waals surface area (Å²) in [4.78, 5) is 39.6. The predicted octanol–water partition coefficient (Wildman–Crippen LogP) is 0.984. The van der Waals surface area contributed by atoms with E-state index in [1.807, 2.05) is 0 Å². The summed E-state index contributed by atoms with van der Waals surface area (Å²) in [7, 11) is -10.3. The number of aliphatic hydroxyl groups is 1. The third-order valence-corrected chi connectivity index (χ3v) is 9.04. The van der Waals surface area contributed by atoms with Crippen LogP contribution in [0.15, 0.2) is 52.3 Å². The third-order valence-electron chi connectivity index (χ3n) is 7.16. The van der Waals surface area contributed by atoms with Crippen molar-refractivity contribution < 1.29 is 59.7 Å². The molecule has 7 N–H and O–H groups in total. The van der Waals surface area contributed by atoms with E-state index in [-0.39, 0.29) is 40.7 Å². The van der Waals surface area contributed by atoms with E-state index >= 15 is 0 Å². The topological polar surface area (TPSA) is 263 Å². The molecule has 0 saturated carbocycles. The van der Waals surface area contributed by atoms with E-state index in [0.717, 1.165) is 18.2 Å². The quantitative estimate of drug-likeness (QED) is 0.152. The summed E-state index contributed by atoms with van der Waals surface area (Å²) in [5.74, 6) is -3.96. The van der Waals surface area contributed by atoms with E-state index in [1.54, 1.807) is 0 Å². The van der Waals surface area contributed by atoms with Gasteiger partial charge in [0, 0.05) is 35.1 Å². The number of hydrogen-bond acceptors (Lipinski definition) is 13. The Hall–Kier alpha value is -4.59. The monoisotopic (exact) mass is 633 g/mol. The second-order valence-electron chi connectivity index (χ2n) is 9.69. The lowest BCUT2D eigenvalue weighted by Gasteiger charge is -2.38. The maximum atomic E-state index is 12.8. The lowest BCUT2D eigenvalue weighted by atomic mass is 9.77. The number of ether oxygens (including phenoxy) is 2. The smallest absolute Gasteiger partial charge is 0.363 e. The number of hydrogen-bond donors (Lipinski definition) is 5. The molecule has 224 valence electrons. The van der Waals surface area contributed by atoms with E-state index in [2.05, 4.69) is 0 Å². The minimum atomic E-state index is -5.14. The molecule has 1 atom stereocenters. The number of hydroxylamine groups is 2. The average Bonchev–Trinajstić information content (AvgIpc) is 3.37. The SMILES string of the molecule is Nc1ccc2c(c1S(=O)(=O)O)Oc1c(ccc(N)c1S(=O)(=O)O)C21OC(O)c2cc(C(=O)ON3C(=O)CCC3=O)ccc21. The molecule has 3 heterocycles. The number of fused-ring (bicyclic) bond motifs is 6. The van der Waals surface area contributed by atoms with Crippen molar-refractivity contribution in [3.05, 3.63) is 70.3 Å². The van der Waals surface area contributed by atoms with Crippen LogP contribution >= 0.6 is 0 Å². The van der Waals surface area contributed by atoms with Crippen molar-refractivity contribution in [2.24, 2.45) is 0 Å². The number of benzene rings is 3. The van der Waals surface area contributed by atoms with Gasteiger partial charge in [-0.25, -0.2) is 4.79 Å². The number of carbonyl (C=O) groups is 3. The summed E-state index contributed by atoms with van der Waals surface area (Å²) in [5, 5.41) is 11.4. The van der Waals surface area contributed by atoms with Gasteiger partial charge in [-0.2, -0.15) is 16.8 Å². The van der Waals surface area contributed by atoms with Gasteiger partial charge in [0.25, 0.3) is 32.1 Å². The Morgan fingerprint density at radius 3 is 1.84 bits per heavy atom. The molecular formula is C25H19N3O13S2. The molecular weight excluding hydrogens is 614 g/mol. The Labute approximate surface area is 241 Å². The van der Waals surface area contributed by atoms with Gasteiger partial charge in [0.1, 0.15) is 0 Å². The molecule has 1 spiro atoms. The molecule has 0 radical (unpaired) electrons. The summed E-state index contributed by atoms with van der Waals surface area (Å²) in [6.45, 7) is 0. The number of nitrogen functional groups attached to an aromatic ring is 2. The number of nitrogens with zero attached hydrogens (tertiary/aromatic N) is 1. The number of nitrogens with two attached hydrogens (primary N) is 2. The Bertz CT molecular complexity index is 1920. The Morgan fingerprint density at radius 2 is 1.35 bits per heavy atom. The van der Waals surface area contributed by atoms with Crippen LogP contribution in [-0.4, -0.2) is 53.9 Å². The van der Waals surface area contributed by atoms with Crippen LogP contribution in [0.3, 0.4) is 0 Å². The Balaban J connectivity index is 1.61. The number of carbonyl (C=O) groups excluding carboxylic acids is 3. The highest BCUT2D eigenvalue weighted by molar-refractivity contribution is 7.86. The Kier molecular flexibility index (Phi) is 6.11. The van der Waals surface area contributed by atoms with Gasteiger partial charge in [0.05, 0.1) is 16.9 Å². The van der Waals surface area contributed by atoms with Gasteiger partial charge >= 0.3 is 5.97 Å². The van der Waals surface area contributed by atoms with E-state index in [9.17, 15) is 45.4 Å². The van der Waals surface area contributed by atoms with Crippen molar-refractivity contribution >= 4 is 49.4 Å². The van der Waals surface area contributed by atoms with Crippen molar-refractivity contribution in [1.29, 1.82) is 0 Å². The molecule has 3 aliphatic heterocycles. The standard InChI is InChI=1S/C25H19N3O13S2/c26-15-5-3-13-19(21(15)42(33,34)35)39-20-14(4-6-16(27)22(20)43(36,37)38)25(13)12-2-1-10(9-11(12)24(32)40-25)23(31)41-28-17(29)7-8-18(28)30/h1-6,9,24,32H,7-8,26-27H2,(H,33,34,35)(H,36,37,38). The number of aliphatic hydroxyl groups excluding tert-OH is 1. The van der Waals surface area contributed by atoms with Crippen LogP contribution in [0.25, 0.3) is 0 Å². The van der Waals surface area contributed by atoms with Crippen molar-refractivity contribution in [1.82, 2.24) is 5.06 Å². The highest BCUT2D eigenvalue weighted by Crippen LogP contribution is 2.61. The largest absolute Gasteiger partial charge is 0.453 e. The molecule has 43 heavy (non-hydrogen) atoms. The van der Waals surface area contributed by atoms with Crippen molar-refractivity contribution in [3.8, 4) is 11.5 Å². The van der Waals surface area contributed by atoms with Gasteiger partial charge in [-0.15, -0.1) is 5.06 Å². The number of rotatable bonds is 4. The van der Waals surface area contributed by atoms with Crippen molar-refractivity contribution in [2.75, 3.05) is 11.5 Å². The first-order valence-electron chi connectivity index (χ1n) is 12.1. The zero-order valence-corrected chi connectivity index (χ0v) is 23.0. The number of anilines is 2. The van der Waals surface area contributed by atoms with E-state index in [4.69, 9.17) is 25.8 Å². The summed E-state index contributed by atoms with van der Waals surface area (Å²) in [6.07, 6.45) is -2.15. The first-order valence-corrected chi connectivity index (χ1v) is 15.0. The van der Waals surface area contributed by atoms with Crippen LogP contribution in [0.1, 0.15) is 51.7 Å². The summed E-state index contributed by atoms with van der Waals surface area (Å²) >= 11 is 0. The first-order chi connectivity index (χ1) is 20.1. The molecule has 0 aromatic heterocycles. The molecule has 1 unspecified atom stereocenters. The van der Waals surface area contributed by atoms with Crippen LogP contribution in [-0.2, 0) is 45.0 Å². The second kappa shape index (κ2) is 9.20. The molecule has 3 aromatic carbocycles. The minimum absolute atomic E-state index is 0.0350. The summed E-state index contributed by atoms with van der Waals surface area (Å²) in [6, 6.07) is 8.28. The molecule has 18 heteroatoms. The fraction of sp³-hybridized carbons (Fsp3) is 0.160. The average molecular weight is 634 g/mol. The molecule has 3 aromatic rings. The van der Waals surface area contributed by atoms with Gasteiger partial charge in [-0.05, 0) is 36.4 Å². The zero-order valence-electron chi connectivity index (χ0n) is 21.4. The molecule has 1 saturated heterocycles. The molecule has 3 aliphatic rings. The fourth-order valence-electron chi connectivity index (χ4n) is 5.41. The van der Waals surface area contributed by atoms with Crippen molar-refractivity contribution in [2.45, 2.75) is 34.5 Å². The third kappa shape index (κ3) is 4.14. The summed E-state index contributed by atoms with van der Waals surface area (Å²) < 4.78 is 81.4. The first kappa shape index (κ1) is 28.5. The molecule has 0 aliphatic carbocycles. The van der Waals surface area contributed by atoms with E-state index in [0.29, 0.717) is 5.06 Å². The predicted molar refractivity (Wildman–Crippen MR) is 140 cm³/mol. The van der Waals surface area contributed by atoms with Gasteiger partial charge < -0.3 is 30.9 Å². The van der Waals surface area contributed by atoms with E-state index in [1.165, 1.54) is 24.3 Å². The fourth-order valence-corrected chi connectivity index (χ4v) is 6.92. The normalized spacial score (nSPS) is 18.7. The van der Waals surface area contributed by atoms with Crippen molar-refractivity contribution in [3.63, 3.8) is 0 Å². The minimum Gasteiger partial charge on any atom is -0.453 e. The van der Waals surface area contributed by atoms with Gasteiger partial charge in [0.2, 0.25) is 0 Å². The molecule has 2 amide bonds. The Morgan fingerprint density at radius 1 is 0.860 bits per heavy atom. The van der Waals surface area contributed by atoms with Crippen LogP contribution in [0.5, 0.6) is 11.5 Å². The molecule has 16 nitrogen and oxygen atoms in total. The molecule has 6 rings (SSSR count). The maximum Gasteiger partial charge on any atom is 0.363 e. The van der Waals surface area contributed by atoms with Gasteiger partial charge in [0.15, 0.2) is 33.2 Å². The maximum absolute atomic E-state index is 12.8. The van der Waals surface area contributed by atoms with Crippen LogP contribution in [0.2, 0.25) is 0 Å².